The molecule has 2 aliphatic heterocycles. The number of carbonyl (C=O) groups is 2. The van der Waals surface area contributed by atoms with Gasteiger partial charge < -0.3 is 24.8 Å². The average molecular weight is 573 g/mol. The van der Waals surface area contributed by atoms with E-state index in [0.717, 1.165) is 11.1 Å². The first-order valence-corrected chi connectivity index (χ1v) is 13.9. The number of methoxy groups -OCH3 is 1. The van der Waals surface area contributed by atoms with Crippen LogP contribution in [0.4, 0.5) is 4.39 Å². The van der Waals surface area contributed by atoms with Gasteiger partial charge >= 0.3 is 0 Å². The molecule has 9 nitrogen and oxygen atoms in total. The van der Waals surface area contributed by atoms with Crippen molar-refractivity contribution in [2.75, 3.05) is 26.8 Å². The number of nitriles is 1. The Kier molecular flexibility index (Phi) is 9.19. The number of likely N-dealkylation sites (tertiary alicyclic amines) is 1. The van der Waals surface area contributed by atoms with Crippen LogP contribution in [0.1, 0.15) is 35.1 Å². The number of benzene rings is 3. The summed E-state index contributed by atoms with van der Waals surface area (Å²) in [6.07, 6.45) is 0.783. The van der Waals surface area contributed by atoms with Crippen molar-refractivity contribution < 1.29 is 28.2 Å². The Bertz CT molecular complexity index is 1490. The number of aryl methyl sites for hydroxylation is 1. The second kappa shape index (κ2) is 13.4. The molecule has 3 aromatic rings. The Morgan fingerprint density at radius 1 is 1.07 bits per heavy atom. The van der Waals surface area contributed by atoms with Gasteiger partial charge in [-0.25, -0.2) is 4.39 Å². The molecule has 1 saturated heterocycles. The van der Waals surface area contributed by atoms with Gasteiger partial charge in [0.05, 0.1) is 24.8 Å². The smallest absolute Gasteiger partial charge is 0.258 e. The third kappa shape index (κ3) is 7.36. The van der Waals surface area contributed by atoms with Gasteiger partial charge in [-0.15, -0.1) is 0 Å². The molecule has 218 valence electrons. The molecule has 42 heavy (non-hydrogen) atoms. The minimum absolute atomic E-state index is 0.154. The van der Waals surface area contributed by atoms with Gasteiger partial charge in [-0.05, 0) is 59.9 Å². The Labute approximate surface area is 244 Å². The quantitative estimate of drug-likeness (QED) is 0.494. The molecule has 3 aromatic carbocycles. The standard InChI is InChI=1S/C32H33FN4O5/c1-40-29-8-6-21-7-9-31(38)35-17-22-12-25(33)15-26(13-22)42-28-10-11-37(18-24-5-3-2-4-23(24)16-34)19-27(28)36-32(39)20-41-30(29)14-21/h2-6,8,12-15,27-28H,7,9-11,17-20H2,1H3,(H,35,38)(H,36,39)/t27-,28-/m1/s1. The van der Waals surface area contributed by atoms with Gasteiger partial charge in [0, 0.05) is 38.7 Å². The summed E-state index contributed by atoms with van der Waals surface area (Å²) in [7, 11) is 1.52. The van der Waals surface area contributed by atoms with Crippen molar-refractivity contribution in [1.82, 2.24) is 15.5 Å². The SMILES string of the molecule is COc1ccc2cc1OCC(=O)N[C@@H]1CN(Cc3ccccc3C#N)CC[C@H]1Oc1cc(F)cc(c1)CNC(=O)CC2. The van der Waals surface area contributed by atoms with Crippen LogP contribution in [0.2, 0.25) is 0 Å². The lowest BCUT2D eigenvalue weighted by Crippen LogP contribution is -2.57. The summed E-state index contributed by atoms with van der Waals surface area (Å²) in [6.45, 7) is 1.53. The number of nitrogens with zero attached hydrogens (tertiary/aromatic N) is 2. The minimum Gasteiger partial charge on any atom is -0.493 e. The van der Waals surface area contributed by atoms with Crippen LogP contribution in [0.3, 0.4) is 0 Å². The largest absolute Gasteiger partial charge is 0.493 e. The summed E-state index contributed by atoms with van der Waals surface area (Å²) in [4.78, 5) is 27.9. The van der Waals surface area contributed by atoms with E-state index in [0.29, 0.717) is 60.9 Å². The van der Waals surface area contributed by atoms with Crippen molar-refractivity contribution in [3.63, 3.8) is 0 Å². The van der Waals surface area contributed by atoms with Gasteiger partial charge in [-0.3, -0.25) is 14.5 Å². The van der Waals surface area contributed by atoms with Crippen LogP contribution in [0, 0.1) is 17.1 Å². The first kappa shape index (κ1) is 28.9. The molecule has 0 radical (unpaired) electrons. The highest BCUT2D eigenvalue weighted by Crippen LogP contribution is 2.29. The van der Waals surface area contributed by atoms with Gasteiger partial charge in [-0.2, -0.15) is 5.26 Å². The van der Waals surface area contributed by atoms with Gasteiger partial charge in [0.1, 0.15) is 17.7 Å². The maximum Gasteiger partial charge on any atom is 0.258 e. The second-order valence-electron chi connectivity index (χ2n) is 10.5. The lowest BCUT2D eigenvalue weighted by atomic mass is 10.00. The molecule has 0 spiro atoms. The summed E-state index contributed by atoms with van der Waals surface area (Å²) in [5.74, 6) is 0.211. The van der Waals surface area contributed by atoms with E-state index in [1.165, 1.54) is 19.2 Å². The molecule has 0 aliphatic carbocycles. The Morgan fingerprint density at radius 2 is 1.93 bits per heavy atom. The fourth-order valence-corrected chi connectivity index (χ4v) is 5.32. The third-order valence-electron chi connectivity index (χ3n) is 7.45. The minimum atomic E-state index is -0.476. The van der Waals surface area contributed by atoms with Gasteiger partial charge in [0.25, 0.3) is 5.91 Å². The predicted octanol–water partition coefficient (Wildman–Crippen LogP) is 3.49. The average Bonchev–Trinajstić information content (AvgIpc) is 2.99. The van der Waals surface area contributed by atoms with Crippen LogP contribution in [-0.2, 0) is 29.1 Å². The summed E-state index contributed by atoms with van der Waals surface area (Å²) < 4.78 is 32.1. The van der Waals surface area contributed by atoms with Crippen LogP contribution in [0.15, 0.2) is 60.7 Å². The molecule has 0 saturated carbocycles. The zero-order chi connectivity index (χ0) is 29.5. The lowest BCUT2D eigenvalue weighted by molar-refractivity contribution is -0.125. The molecule has 1 fully saturated rings. The number of rotatable bonds is 3. The molecule has 2 aliphatic rings. The topological polar surface area (TPSA) is 113 Å². The first-order valence-electron chi connectivity index (χ1n) is 13.9. The lowest BCUT2D eigenvalue weighted by Gasteiger charge is -2.39. The summed E-state index contributed by atoms with van der Waals surface area (Å²) in [5.41, 5.74) is 2.93. The molecule has 2 atom stereocenters. The number of nitrogens with one attached hydrogen (secondary N) is 2. The van der Waals surface area contributed by atoms with Crippen LogP contribution in [0.25, 0.3) is 0 Å². The van der Waals surface area contributed by atoms with Crippen molar-refractivity contribution in [2.24, 2.45) is 0 Å². The fourth-order valence-electron chi connectivity index (χ4n) is 5.32. The molecular weight excluding hydrogens is 539 g/mol. The zero-order valence-corrected chi connectivity index (χ0v) is 23.4. The summed E-state index contributed by atoms with van der Waals surface area (Å²) >= 11 is 0. The number of carbonyl (C=O) groups excluding carboxylic acids is 2. The predicted molar refractivity (Wildman–Crippen MR) is 152 cm³/mol. The van der Waals surface area contributed by atoms with E-state index in [2.05, 4.69) is 21.6 Å². The van der Waals surface area contributed by atoms with Crippen molar-refractivity contribution in [3.8, 4) is 23.3 Å². The van der Waals surface area contributed by atoms with E-state index in [1.807, 2.05) is 24.3 Å². The molecule has 4 bridgehead atoms. The maximum atomic E-state index is 14.6. The fraction of sp³-hybridized carbons (Fsp3) is 0.344. The van der Waals surface area contributed by atoms with E-state index in [4.69, 9.17) is 14.2 Å². The molecule has 0 aromatic heterocycles. The monoisotopic (exact) mass is 572 g/mol. The van der Waals surface area contributed by atoms with Crippen molar-refractivity contribution in [2.45, 2.75) is 44.5 Å². The Morgan fingerprint density at radius 3 is 2.76 bits per heavy atom. The highest BCUT2D eigenvalue weighted by atomic mass is 19.1. The van der Waals surface area contributed by atoms with Crippen LogP contribution >= 0.6 is 0 Å². The Balaban J connectivity index is 1.40. The molecule has 10 heteroatoms. The highest BCUT2D eigenvalue weighted by Gasteiger charge is 2.33. The zero-order valence-electron chi connectivity index (χ0n) is 23.4. The number of piperidine rings is 1. The van der Waals surface area contributed by atoms with Gasteiger partial charge in [-0.1, -0.05) is 24.3 Å². The summed E-state index contributed by atoms with van der Waals surface area (Å²) in [6, 6.07) is 19.0. The van der Waals surface area contributed by atoms with E-state index in [-0.39, 0.29) is 31.4 Å². The van der Waals surface area contributed by atoms with Crippen molar-refractivity contribution >= 4 is 11.8 Å². The van der Waals surface area contributed by atoms with E-state index < -0.39 is 18.0 Å². The van der Waals surface area contributed by atoms with Crippen LogP contribution < -0.4 is 24.8 Å². The van der Waals surface area contributed by atoms with E-state index >= 15 is 0 Å². The normalized spacial score (nSPS) is 19.8. The van der Waals surface area contributed by atoms with E-state index in [9.17, 15) is 19.2 Å². The number of hydrogen-bond acceptors (Lipinski definition) is 7. The maximum absolute atomic E-state index is 14.6. The Hall–Kier alpha value is -4.62. The molecule has 0 unspecified atom stereocenters. The first-order chi connectivity index (χ1) is 20.4. The number of ether oxygens (including phenoxy) is 3. The molecule has 2 amide bonds. The second-order valence-corrected chi connectivity index (χ2v) is 10.5. The molecular formula is C32H33FN4O5. The van der Waals surface area contributed by atoms with Crippen molar-refractivity contribution in [1.29, 1.82) is 5.26 Å². The number of fused-ring (bicyclic) bond motifs is 5. The van der Waals surface area contributed by atoms with Crippen molar-refractivity contribution in [3.05, 3.63) is 88.7 Å². The van der Waals surface area contributed by atoms with Gasteiger partial charge in [0.2, 0.25) is 5.91 Å². The number of amides is 2. The van der Waals surface area contributed by atoms with E-state index in [1.54, 1.807) is 24.3 Å². The van der Waals surface area contributed by atoms with Crippen LogP contribution in [-0.4, -0.2) is 55.7 Å². The highest BCUT2D eigenvalue weighted by molar-refractivity contribution is 5.78. The molecule has 2 N–H and O–H groups in total. The van der Waals surface area contributed by atoms with Gasteiger partial charge in [0.15, 0.2) is 18.1 Å². The van der Waals surface area contributed by atoms with Crippen LogP contribution in [0.5, 0.6) is 17.2 Å². The number of halogens is 1. The number of hydrogen-bond donors (Lipinski definition) is 2. The molecule has 2 heterocycles. The third-order valence-corrected chi connectivity index (χ3v) is 7.45. The summed E-state index contributed by atoms with van der Waals surface area (Å²) in [5, 5.41) is 15.4. The molecule has 5 rings (SSSR count).